The van der Waals surface area contributed by atoms with Gasteiger partial charge in [-0.2, -0.15) is 13.2 Å². The highest BCUT2D eigenvalue weighted by Crippen LogP contribution is 2.40. The maximum absolute atomic E-state index is 14.1. The summed E-state index contributed by atoms with van der Waals surface area (Å²) in [7, 11) is 0. The molecule has 0 aromatic heterocycles. The van der Waals surface area contributed by atoms with Gasteiger partial charge in [0.2, 0.25) is 0 Å². The van der Waals surface area contributed by atoms with E-state index in [2.05, 4.69) is 31.2 Å². The van der Waals surface area contributed by atoms with Gasteiger partial charge in [-0.05, 0) is 96.7 Å². The van der Waals surface area contributed by atoms with E-state index in [0.29, 0.717) is 24.3 Å². The molecule has 2 atom stereocenters. The molecule has 2 aromatic carbocycles. The van der Waals surface area contributed by atoms with E-state index >= 15 is 0 Å². The van der Waals surface area contributed by atoms with Crippen LogP contribution >= 0.6 is 0 Å². The maximum Gasteiger partial charge on any atom is 0.422 e. The summed E-state index contributed by atoms with van der Waals surface area (Å²) in [5, 5.41) is 0. The second-order valence-electron chi connectivity index (χ2n) is 8.86. The summed E-state index contributed by atoms with van der Waals surface area (Å²) in [6, 6.07) is 6.01. The molecule has 2 aromatic rings. The fraction of sp³-hybridized carbons (Fsp3) is 0.462. The van der Waals surface area contributed by atoms with E-state index in [0.717, 1.165) is 56.2 Å². The minimum atomic E-state index is -5.03. The van der Waals surface area contributed by atoms with Gasteiger partial charge in [-0.1, -0.05) is 37.6 Å². The Hall–Kier alpha value is -2.17. The minimum absolute atomic E-state index is 0.176. The van der Waals surface area contributed by atoms with E-state index < -0.39 is 23.4 Å². The molecule has 0 aliphatic heterocycles. The standard InChI is InChI=1S/C26H27F5/c1-2-3-4-5-16-6-10-21-18(12-16)7-8-19-13-17(9-11-22(19)21)20-14-23(27)25(24(28)15-20)26(29,30)31/h4-5,7-8,14-17H,2-3,6,9-13H2,1H3/b5-4+/t16-,17-/m0/s1. The number of fused-ring (bicyclic) bond motifs is 3. The molecule has 0 bridgehead atoms. The Morgan fingerprint density at radius 3 is 2.16 bits per heavy atom. The Balaban J connectivity index is 1.55. The molecule has 2 aliphatic rings. The van der Waals surface area contributed by atoms with Crippen molar-refractivity contribution >= 4 is 0 Å². The first-order chi connectivity index (χ1) is 14.8. The predicted molar refractivity (Wildman–Crippen MR) is 112 cm³/mol. The average Bonchev–Trinajstić information content (AvgIpc) is 2.71. The summed E-state index contributed by atoms with van der Waals surface area (Å²) in [5.74, 6) is -2.65. The van der Waals surface area contributed by atoms with Crippen molar-refractivity contribution in [3.05, 3.63) is 81.4 Å². The van der Waals surface area contributed by atoms with E-state index in [4.69, 9.17) is 0 Å². The SMILES string of the molecule is CCC/C=C/[C@H]1CCc2c(ccc3c2CC[C@H](c2cc(F)c(C(F)(F)F)c(F)c2)C3)C1. The minimum Gasteiger partial charge on any atom is -0.206 e. The van der Waals surface area contributed by atoms with Crippen LogP contribution in [-0.2, 0) is 31.9 Å². The number of benzene rings is 2. The van der Waals surface area contributed by atoms with Crippen molar-refractivity contribution in [3.63, 3.8) is 0 Å². The summed E-state index contributed by atoms with van der Waals surface area (Å²) < 4.78 is 66.7. The third-order valence-electron chi connectivity index (χ3n) is 6.76. The molecular formula is C26H27F5. The Labute approximate surface area is 180 Å². The van der Waals surface area contributed by atoms with Crippen LogP contribution in [0.15, 0.2) is 36.4 Å². The molecule has 31 heavy (non-hydrogen) atoms. The van der Waals surface area contributed by atoms with E-state index in [1.807, 2.05) is 0 Å². The number of unbranched alkanes of at least 4 members (excludes halogenated alkanes) is 1. The lowest BCUT2D eigenvalue weighted by Crippen LogP contribution is -2.20. The fourth-order valence-corrected chi connectivity index (χ4v) is 5.20. The van der Waals surface area contributed by atoms with Crippen LogP contribution in [-0.4, -0.2) is 0 Å². The van der Waals surface area contributed by atoms with Crippen molar-refractivity contribution in [2.24, 2.45) is 5.92 Å². The monoisotopic (exact) mass is 434 g/mol. The van der Waals surface area contributed by atoms with Crippen LogP contribution in [0.25, 0.3) is 0 Å². The highest BCUT2D eigenvalue weighted by Gasteiger charge is 2.38. The molecule has 0 amide bonds. The molecule has 0 heterocycles. The van der Waals surface area contributed by atoms with Crippen molar-refractivity contribution in [3.8, 4) is 0 Å². The van der Waals surface area contributed by atoms with Gasteiger partial charge >= 0.3 is 6.18 Å². The van der Waals surface area contributed by atoms with E-state index in [1.54, 1.807) is 0 Å². The zero-order valence-electron chi connectivity index (χ0n) is 17.7. The molecule has 0 saturated heterocycles. The first kappa shape index (κ1) is 22.0. The topological polar surface area (TPSA) is 0 Å². The van der Waals surface area contributed by atoms with Gasteiger partial charge in [-0.25, -0.2) is 8.78 Å². The highest BCUT2D eigenvalue weighted by atomic mass is 19.4. The van der Waals surface area contributed by atoms with Gasteiger partial charge in [0.05, 0.1) is 0 Å². The Morgan fingerprint density at radius 1 is 0.935 bits per heavy atom. The van der Waals surface area contributed by atoms with Crippen LogP contribution in [0.5, 0.6) is 0 Å². The zero-order chi connectivity index (χ0) is 22.2. The Morgan fingerprint density at radius 2 is 1.55 bits per heavy atom. The molecule has 4 rings (SSSR count). The first-order valence-electron chi connectivity index (χ1n) is 11.1. The second kappa shape index (κ2) is 8.76. The number of halogens is 5. The smallest absolute Gasteiger partial charge is 0.206 e. The molecule has 0 N–H and O–H groups in total. The quantitative estimate of drug-likeness (QED) is 0.341. The maximum atomic E-state index is 14.1. The van der Waals surface area contributed by atoms with E-state index in [1.165, 1.54) is 16.7 Å². The number of hydrogen-bond donors (Lipinski definition) is 0. The molecule has 0 fully saturated rings. The molecule has 0 nitrogen and oxygen atoms in total. The number of hydrogen-bond acceptors (Lipinski definition) is 0. The molecule has 0 saturated carbocycles. The summed E-state index contributed by atoms with van der Waals surface area (Å²) in [4.78, 5) is 0. The van der Waals surface area contributed by atoms with Crippen LogP contribution in [0.1, 0.15) is 71.9 Å². The highest BCUT2D eigenvalue weighted by molar-refractivity contribution is 5.46. The van der Waals surface area contributed by atoms with Crippen LogP contribution in [0, 0.1) is 17.6 Å². The lowest BCUT2D eigenvalue weighted by molar-refractivity contribution is -0.142. The largest absolute Gasteiger partial charge is 0.422 e. The van der Waals surface area contributed by atoms with E-state index in [-0.39, 0.29) is 5.92 Å². The van der Waals surface area contributed by atoms with Gasteiger partial charge < -0.3 is 0 Å². The molecule has 0 unspecified atom stereocenters. The van der Waals surface area contributed by atoms with Crippen molar-refractivity contribution in [2.75, 3.05) is 0 Å². The second-order valence-corrected chi connectivity index (χ2v) is 8.86. The van der Waals surface area contributed by atoms with Crippen LogP contribution < -0.4 is 0 Å². The van der Waals surface area contributed by atoms with Gasteiger partial charge in [-0.3, -0.25) is 0 Å². The Kier molecular flexibility index (Phi) is 6.23. The molecule has 0 spiro atoms. The third kappa shape index (κ3) is 4.56. The molecule has 166 valence electrons. The van der Waals surface area contributed by atoms with Crippen LogP contribution in [0.4, 0.5) is 22.0 Å². The van der Waals surface area contributed by atoms with Crippen molar-refractivity contribution in [1.29, 1.82) is 0 Å². The zero-order valence-corrected chi connectivity index (χ0v) is 17.7. The van der Waals surface area contributed by atoms with Gasteiger partial charge in [0.1, 0.15) is 17.2 Å². The fourth-order valence-electron chi connectivity index (χ4n) is 5.20. The third-order valence-corrected chi connectivity index (χ3v) is 6.76. The summed E-state index contributed by atoms with van der Waals surface area (Å²) in [6.07, 6.45) is 7.15. The van der Waals surface area contributed by atoms with Crippen LogP contribution in [0.3, 0.4) is 0 Å². The lowest BCUT2D eigenvalue weighted by Gasteiger charge is -2.31. The average molecular weight is 434 g/mol. The Bertz CT molecular complexity index is 963. The van der Waals surface area contributed by atoms with Gasteiger partial charge in [0.25, 0.3) is 0 Å². The number of alkyl halides is 3. The molecular weight excluding hydrogens is 407 g/mol. The predicted octanol–water partition coefficient (Wildman–Crippen LogP) is 7.72. The van der Waals surface area contributed by atoms with Crippen molar-refractivity contribution in [1.82, 2.24) is 0 Å². The van der Waals surface area contributed by atoms with E-state index in [9.17, 15) is 22.0 Å². The van der Waals surface area contributed by atoms with Gasteiger partial charge in [-0.15, -0.1) is 0 Å². The normalized spacial score (nSPS) is 21.2. The lowest BCUT2D eigenvalue weighted by atomic mass is 9.73. The molecule has 5 heteroatoms. The number of rotatable bonds is 4. The van der Waals surface area contributed by atoms with Crippen molar-refractivity contribution < 1.29 is 22.0 Å². The van der Waals surface area contributed by atoms with Gasteiger partial charge in [0, 0.05) is 0 Å². The van der Waals surface area contributed by atoms with Crippen molar-refractivity contribution in [2.45, 2.75) is 70.4 Å². The number of allylic oxidation sites excluding steroid dienone is 2. The summed E-state index contributed by atoms with van der Waals surface area (Å²) in [6.45, 7) is 2.17. The van der Waals surface area contributed by atoms with Crippen LogP contribution in [0.2, 0.25) is 0 Å². The van der Waals surface area contributed by atoms with Gasteiger partial charge in [0.15, 0.2) is 0 Å². The summed E-state index contributed by atoms with van der Waals surface area (Å²) in [5.41, 5.74) is 3.83. The molecule has 2 aliphatic carbocycles. The molecule has 0 radical (unpaired) electrons. The first-order valence-corrected chi connectivity index (χ1v) is 11.1. The summed E-state index contributed by atoms with van der Waals surface area (Å²) >= 11 is 0.